The van der Waals surface area contributed by atoms with Crippen molar-refractivity contribution in [3.8, 4) is 0 Å². The molecule has 154 valence electrons. The standard InChI is InChI=1S/C20H21F3N4O2/c1-12-7-8-13(10-15(12)18(24)26-11-14-4-3-9-25-14)27-19(28)16-5-2-6-17(29-16)20(21,22)23/h3-4,7-11,16-17,24-25H,2,5-6H2,1H3,(H,27,28)/t16-,17?/m0/s1. The Bertz CT molecular complexity index is 907. The van der Waals surface area contributed by atoms with Crippen LogP contribution in [0.4, 0.5) is 18.9 Å². The van der Waals surface area contributed by atoms with Crippen LogP contribution in [0, 0.1) is 12.3 Å². The summed E-state index contributed by atoms with van der Waals surface area (Å²) >= 11 is 0. The number of H-pyrrole nitrogens is 1. The minimum absolute atomic E-state index is 0.000694. The van der Waals surface area contributed by atoms with Gasteiger partial charge in [0.15, 0.2) is 11.9 Å². The minimum atomic E-state index is -4.48. The molecule has 1 aromatic heterocycles. The van der Waals surface area contributed by atoms with Gasteiger partial charge in [-0.2, -0.15) is 13.2 Å². The zero-order valence-corrected chi connectivity index (χ0v) is 15.7. The average Bonchev–Trinajstić information content (AvgIpc) is 3.20. The van der Waals surface area contributed by atoms with Gasteiger partial charge in [-0.3, -0.25) is 10.2 Å². The summed E-state index contributed by atoms with van der Waals surface area (Å²) in [5.41, 5.74) is 2.39. The molecular formula is C20H21F3N4O2. The van der Waals surface area contributed by atoms with E-state index in [1.165, 1.54) is 6.21 Å². The number of nitrogens with zero attached hydrogens (tertiary/aromatic N) is 1. The molecule has 1 aliphatic heterocycles. The van der Waals surface area contributed by atoms with E-state index in [-0.39, 0.29) is 25.1 Å². The maximum absolute atomic E-state index is 12.9. The number of carbonyl (C=O) groups is 1. The molecule has 3 rings (SSSR count). The second-order valence-electron chi connectivity index (χ2n) is 6.84. The monoisotopic (exact) mass is 406 g/mol. The number of carbonyl (C=O) groups excluding carboxylic acids is 1. The van der Waals surface area contributed by atoms with Crippen molar-refractivity contribution in [3.05, 3.63) is 53.3 Å². The van der Waals surface area contributed by atoms with E-state index in [1.54, 1.807) is 37.4 Å². The van der Waals surface area contributed by atoms with Gasteiger partial charge in [0.2, 0.25) is 0 Å². The number of hydrogen-bond donors (Lipinski definition) is 3. The van der Waals surface area contributed by atoms with Crippen LogP contribution in [0.5, 0.6) is 0 Å². The third-order valence-corrected chi connectivity index (χ3v) is 4.63. The summed E-state index contributed by atoms with van der Waals surface area (Å²) in [6.07, 6.45) is -3.96. The van der Waals surface area contributed by atoms with Gasteiger partial charge in [0.25, 0.3) is 5.91 Å². The molecular weight excluding hydrogens is 385 g/mol. The fraction of sp³-hybridized carbons (Fsp3) is 0.350. The van der Waals surface area contributed by atoms with Gasteiger partial charge < -0.3 is 15.0 Å². The molecule has 0 aliphatic carbocycles. The van der Waals surface area contributed by atoms with Crippen molar-refractivity contribution in [2.75, 3.05) is 5.32 Å². The number of benzene rings is 1. The molecule has 0 spiro atoms. The largest absolute Gasteiger partial charge is 0.414 e. The van der Waals surface area contributed by atoms with E-state index < -0.39 is 24.3 Å². The predicted molar refractivity (Wildman–Crippen MR) is 104 cm³/mol. The molecule has 0 radical (unpaired) electrons. The molecule has 9 heteroatoms. The fourth-order valence-corrected chi connectivity index (χ4v) is 3.06. The summed E-state index contributed by atoms with van der Waals surface area (Å²) in [5.74, 6) is -0.630. The lowest BCUT2D eigenvalue weighted by Gasteiger charge is -2.30. The highest BCUT2D eigenvalue weighted by atomic mass is 19.4. The van der Waals surface area contributed by atoms with Crippen molar-refractivity contribution in [3.63, 3.8) is 0 Å². The Morgan fingerprint density at radius 2 is 2.14 bits per heavy atom. The second-order valence-corrected chi connectivity index (χ2v) is 6.84. The third kappa shape index (κ3) is 5.32. The molecule has 1 aromatic carbocycles. The molecule has 1 saturated heterocycles. The molecule has 1 fully saturated rings. The Hall–Kier alpha value is -2.94. The number of hydrogen-bond acceptors (Lipinski definition) is 3. The third-order valence-electron chi connectivity index (χ3n) is 4.63. The lowest BCUT2D eigenvalue weighted by atomic mass is 10.0. The molecule has 1 amide bonds. The highest BCUT2D eigenvalue weighted by molar-refractivity contribution is 6.05. The quantitative estimate of drug-likeness (QED) is 0.525. The van der Waals surface area contributed by atoms with Crippen LogP contribution in [-0.4, -0.2) is 41.3 Å². The van der Waals surface area contributed by atoms with E-state index in [1.807, 2.05) is 6.07 Å². The predicted octanol–water partition coefficient (Wildman–Crippen LogP) is 4.21. The van der Waals surface area contributed by atoms with E-state index in [2.05, 4.69) is 15.3 Å². The van der Waals surface area contributed by atoms with Gasteiger partial charge in [0.05, 0.1) is 11.9 Å². The Balaban J connectivity index is 1.69. The number of rotatable bonds is 4. The maximum Gasteiger partial charge on any atom is 0.414 e. The van der Waals surface area contributed by atoms with E-state index in [9.17, 15) is 18.0 Å². The van der Waals surface area contributed by atoms with Crippen LogP contribution in [-0.2, 0) is 9.53 Å². The van der Waals surface area contributed by atoms with Gasteiger partial charge in [-0.15, -0.1) is 0 Å². The van der Waals surface area contributed by atoms with Crippen molar-refractivity contribution < 1.29 is 22.7 Å². The molecule has 1 aliphatic rings. The van der Waals surface area contributed by atoms with Crippen LogP contribution in [0.1, 0.15) is 36.1 Å². The first-order valence-electron chi connectivity index (χ1n) is 9.14. The molecule has 2 atom stereocenters. The first-order chi connectivity index (χ1) is 13.7. The summed E-state index contributed by atoms with van der Waals surface area (Å²) in [5, 5.41) is 10.8. The van der Waals surface area contributed by atoms with Crippen LogP contribution < -0.4 is 5.32 Å². The Morgan fingerprint density at radius 3 is 2.83 bits per heavy atom. The fourth-order valence-electron chi connectivity index (χ4n) is 3.06. The number of aromatic nitrogens is 1. The molecule has 6 nitrogen and oxygen atoms in total. The molecule has 29 heavy (non-hydrogen) atoms. The number of aliphatic imine (C=N–C) groups is 1. The highest BCUT2D eigenvalue weighted by Gasteiger charge is 2.44. The number of anilines is 1. The normalized spacial score (nSPS) is 20.0. The van der Waals surface area contributed by atoms with Crippen LogP contribution in [0.25, 0.3) is 0 Å². The smallest absolute Gasteiger partial charge is 0.360 e. The molecule has 0 bridgehead atoms. The van der Waals surface area contributed by atoms with Crippen molar-refractivity contribution in [1.82, 2.24) is 4.98 Å². The topological polar surface area (TPSA) is 90.3 Å². The number of alkyl halides is 3. The van der Waals surface area contributed by atoms with E-state index in [0.29, 0.717) is 11.3 Å². The first-order valence-corrected chi connectivity index (χ1v) is 9.14. The lowest BCUT2D eigenvalue weighted by Crippen LogP contribution is -2.43. The zero-order valence-electron chi connectivity index (χ0n) is 15.7. The second kappa shape index (κ2) is 8.60. The number of aromatic amines is 1. The Morgan fingerprint density at radius 1 is 1.34 bits per heavy atom. The van der Waals surface area contributed by atoms with Crippen LogP contribution in [0.15, 0.2) is 41.5 Å². The van der Waals surface area contributed by atoms with E-state index in [0.717, 1.165) is 11.3 Å². The molecule has 3 N–H and O–H groups in total. The van der Waals surface area contributed by atoms with Gasteiger partial charge in [0, 0.05) is 17.4 Å². The van der Waals surface area contributed by atoms with Gasteiger partial charge in [0.1, 0.15) is 6.10 Å². The van der Waals surface area contributed by atoms with Crippen molar-refractivity contribution >= 4 is 23.6 Å². The molecule has 2 heterocycles. The van der Waals surface area contributed by atoms with Crippen LogP contribution >= 0.6 is 0 Å². The van der Waals surface area contributed by atoms with Gasteiger partial charge in [-0.1, -0.05) is 6.07 Å². The SMILES string of the molecule is Cc1ccc(NC(=O)[C@@H]2CCCC(C(F)(F)F)O2)cc1C(=N)N=Cc1ccc[nH]1. The van der Waals surface area contributed by atoms with Gasteiger partial charge >= 0.3 is 6.18 Å². The van der Waals surface area contributed by atoms with Gasteiger partial charge in [-0.25, -0.2) is 4.99 Å². The summed E-state index contributed by atoms with van der Waals surface area (Å²) < 4.78 is 43.6. The number of aryl methyl sites for hydroxylation is 1. The lowest BCUT2D eigenvalue weighted by molar-refractivity contribution is -0.242. The van der Waals surface area contributed by atoms with Crippen molar-refractivity contribution in [2.24, 2.45) is 4.99 Å². The summed E-state index contributed by atoms with van der Waals surface area (Å²) in [4.78, 5) is 19.5. The molecule has 1 unspecified atom stereocenters. The van der Waals surface area contributed by atoms with Crippen molar-refractivity contribution in [1.29, 1.82) is 5.41 Å². The van der Waals surface area contributed by atoms with Crippen LogP contribution in [0.2, 0.25) is 0 Å². The minimum Gasteiger partial charge on any atom is -0.360 e. The Labute approximate surface area is 165 Å². The van der Waals surface area contributed by atoms with E-state index >= 15 is 0 Å². The highest BCUT2D eigenvalue weighted by Crippen LogP contribution is 2.32. The Kier molecular flexibility index (Phi) is 6.17. The summed E-state index contributed by atoms with van der Waals surface area (Å²) in [6, 6.07) is 8.53. The summed E-state index contributed by atoms with van der Waals surface area (Å²) in [6.45, 7) is 1.80. The van der Waals surface area contributed by atoms with E-state index in [4.69, 9.17) is 10.1 Å². The first kappa shape index (κ1) is 20.8. The number of halogens is 3. The number of nitrogens with one attached hydrogen (secondary N) is 3. The van der Waals surface area contributed by atoms with Crippen molar-refractivity contribution in [2.45, 2.75) is 44.6 Å². The van der Waals surface area contributed by atoms with Crippen LogP contribution in [0.3, 0.4) is 0 Å². The maximum atomic E-state index is 12.9. The number of ether oxygens (including phenoxy) is 1. The summed E-state index contributed by atoms with van der Waals surface area (Å²) in [7, 11) is 0. The number of amides is 1. The zero-order chi connectivity index (χ0) is 21.0. The molecule has 0 saturated carbocycles. The number of amidine groups is 1. The van der Waals surface area contributed by atoms with Gasteiger partial charge in [-0.05, 0) is 56.0 Å². The molecule has 2 aromatic rings. The average molecular weight is 406 g/mol.